The van der Waals surface area contributed by atoms with E-state index < -0.39 is 0 Å². The number of thioether (sulfide) groups is 1. The Morgan fingerprint density at radius 3 is 2.74 bits per heavy atom. The lowest BCUT2D eigenvalue weighted by atomic mass is 9.99. The first-order valence-corrected chi connectivity index (χ1v) is 12.1. The van der Waals surface area contributed by atoms with Gasteiger partial charge in [0.2, 0.25) is 5.91 Å². The highest BCUT2D eigenvalue weighted by atomic mass is 32.2. The molecule has 2 N–H and O–H groups in total. The standard InChI is InChI=1S/C24H31FN4OS/c1-26-24(28-15-19-9-10-22(25)14-21(19)17-31-2)27-12-5-8-23(30)29-13-11-18-6-3-4-7-20(18)16-29/h3-4,6-7,9-10,14H,5,8,11-13,15-17H2,1-2H3,(H2,26,27,28). The summed E-state index contributed by atoms with van der Waals surface area (Å²) in [6.45, 7) is 2.74. The van der Waals surface area contributed by atoms with Gasteiger partial charge in [0.1, 0.15) is 5.82 Å². The number of carbonyl (C=O) groups is 1. The summed E-state index contributed by atoms with van der Waals surface area (Å²) in [6, 6.07) is 13.2. The Morgan fingerprint density at radius 2 is 1.97 bits per heavy atom. The summed E-state index contributed by atoms with van der Waals surface area (Å²) < 4.78 is 13.5. The van der Waals surface area contributed by atoms with Crippen LogP contribution in [0.3, 0.4) is 0 Å². The van der Waals surface area contributed by atoms with E-state index in [1.54, 1.807) is 24.9 Å². The molecule has 3 rings (SSSR count). The van der Waals surface area contributed by atoms with Crippen LogP contribution in [0, 0.1) is 5.82 Å². The summed E-state index contributed by atoms with van der Waals surface area (Å²) in [5, 5.41) is 6.54. The van der Waals surface area contributed by atoms with Gasteiger partial charge < -0.3 is 15.5 Å². The van der Waals surface area contributed by atoms with Crippen molar-refractivity contribution in [1.82, 2.24) is 15.5 Å². The van der Waals surface area contributed by atoms with E-state index in [9.17, 15) is 9.18 Å². The molecule has 0 radical (unpaired) electrons. The second-order valence-corrected chi connectivity index (χ2v) is 8.50. The van der Waals surface area contributed by atoms with E-state index in [0.29, 0.717) is 32.0 Å². The lowest BCUT2D eigenvalue weighted by Gasteiger charge is -2.29. The number of guanidine groups is 1. The number of carbonyl (C=O) groups excluding carboxylic acids is 1. The first kappa shape index (κ1) is 23.1. The summed E-state index contributed by atoms with van der Waals surface area (Å²) in [7, 11) is 1.72. The Morgan fingerprint density at radius 1 is 1.16 bits per heavy atom. The minimum absolute atomic E-state index is 0.201. The summed E-state index contributed by atoms with van der Waals surface area (Å²) in [5.41, 5.74) is 4.65. The Balaban J connectivity index is 1.40. The van der Waals surface area contributed by atoms with Crippen molar-refractivity contribution in [3.8, 4) is 0 Å². The Labute approximate surface area is 188 Å². The Kier molecular flexibility index (Phi) is 8.76. The van der Waals surface area contributed by atoms with Crippen LogP contribution in [0.1, 0.15) is 35.1 Å². The number of aliphatic imine (C=N–C) groups is 1. The van der Waals surface area contributed by atoms with Crippen LogP contribution in [0.15, 0.2) is 47.5 Å². The van der Waals surface area contributed by atoms with Crippen LogP contribution < -0.4 is 10.6 Å². The van der Waals surface area contributed by atoms with Crippen LogP contribution in [0.25, 0.3) is 0 Å². The van der Waals surface area contributed by atoms with Gasteiger partial charge in [-0.25, -0.2) is 4.39 Å². The smallest absolute Gasteiger partial charge is 0.222 e. The van der Waals surface area contributed by atoms with Gasteiger partial charge in [-0.1, -0.05) is 30.3 Å². The molecular weight excluding hydrogens is 411 g/mol. The molecule has 0 aromatic heterocycles. The molecular formula is C24H31FN4OS. The maximum atomic E-state index is 13.5. The summed E-state index contributed by atoms with van der Waals surface area (Å²) in [6.07, 6.45) is 4.19. The third-order valence-corrected chi connectivity index (χ3v) is 6.08. The number of rotatable bonds is 8. The maximum absolute atomic E-state index is 13.5. The van der Waals surface area contributed by atoms with Crippen molar-refractivity contribution in [2.24, 2.45) is 4.99 Å². The van der Waals surface area contributed by atoms with Crippen molar-refractivity contribution in [1.29, 1.82) is 0 Å². The highest BCUT2D eigenvalue weighted by molar-refractivity contribution is 7.97. The van der Waals surface area contributed by atoms with Gasteiger partial charge in [-0.2, -0.15) is 11.8 Å². The monoisotopic (exact) mass is 442 g/mol. The molecule has 0 fully saturated rings. The zero-order valence-corrected chi connectivity index (χ0v) is 19.1. The second kappa shape index (κ2) is 11.7. The van der Waals surface area contributed by atoms with Gasteiger partial charge in [-0.05, 0) is 53.5 Å². The lowest BCUT2D eigenvalue weighted by molar-refractivity contribution is -0.132. The molecule has 2 aromatic rings. The molecule has 31 heavy (non-hydrogen) atoms. The van der Waals surface area contributed by atoms with Crippen LogP contribution in [0.4, 0.5) is 4.39 Å². The summed E-state index contributed by atoms with van der Waals surface area (Å²) >= 11 is 1.67. The van der Waals surface area contributed by atoms with Crippen molar-refractivity contribution in [3.63, 3.8) is 0 Å². The molecule has 0 aliphatic carbocycles. The zero-order valence-electron chi connectivity index (χ0n) is 18.3. The van der Waals surface area contributed by atoms with Gasteiger partial charge in [0.15, 0.2) is 5.96 Å². The minimum atomic E-state index is -0.211. The van der Waals surface area contributed by atoms with E-state index >= 15 is 0 Å². The molecule has 5 nitrogen and oxygen atoms in total. The molecule has 2 aromatic carbocycles. The third-order valence-electron chi connectivity index (χ3n) is 5.48. The lowest BCUT2D eigenvalue weighted by Crippen LogP contribution is -2.38. The van der Waals surface area contributed by atoms with Gasteiger partial charge in [0, 0.05) is 45.4 Å². The average molecular weight is 443 g/mol. The molecule has 0 saturated heterocycles. The van der Waals surface area contributed by atoms with E-state index in [0.717, 1.165) is 36.3 Å². The number of nitrogens with zero attached hydrogens (tertiary/aromatic N) is 2. The van der Waals surface area contributed by atoms with E-state index in [1.807, 2.05) is 23.3 Å². The topological polar surface area (TPSA) is 56.7 Å². The van der Waals surface area contributed by atoms with Crippen molar-refractivity contribution in [2.75, 3.05) is 26.4 Å². The fraction of sp³-hybridized carbons (Fsp3) is 0.417. The number of halogens is 1. The van der Waals surface area contributed by atoms with Crippen LogP contribution in [-0.2, 0) is 30.1 Å². The normalized spacial score (nSPS) is 13.6. The summed E-state index contributed by atoms with van der Waals surface area (Å²) in [4.78, 5) is 18.8. The first-order chi connectivity index (χ1) is 15.1. The molecule has 166 valence electrons. The zero-order chi connectivity index (χ0) is 22.1. The van der Waals surface area contributed by atoms with Crippen LogP contribution in [-0.4, -0.2) is 43.2 Å². The number of amides is 1. The fourth-order valence-electron chi connectivity index (χ4n) is 3.77. The predicted octanol–water partition coefficient (Wildman–Crippen LogP) is 3.72. The number of fused-ring (bicyclic) bond motifs is 1. The number of nitrogens with one attached hydrogen (secondary N) is 2. The van der Waals surface area contributed by atoms with Crippen LogP contribution in [0.5, 0.6) is 0 Å². The second-order valence-electron chi connectivity index (χ2n) is 7.64. The molecule has 1 aliphatic heterocycles. The molecule has 0 unspecified atom stereocenters. The Hall–Kier alpha value is -2.54. The van der Waals surface area contributed by atoms with Crippen LogP contribution >= 0.6 is 11.8 Å². The van der Waals surface area contributed by atoms with Crippen molar-refractivity contribution in [3.05, 3.63) is 70.5 Å². The quantitative estimate of drug-likeness (QED) is 0.372. The SMILES string of the molecule is CN=C(NCCCC(=O)N1CCc2ccccc2C1)NCc1ccc(F)cc1CSC. The van der Waals surface area contributed by atoms with E-state index in [1.165, 1.54) is 17.2 Å². The number of hydrogen-bond donors (Lipinski definition) is 2. The largest absolute Gasteiger partial charge is 0.356 e. The first-order valence-electron chi connectivity index (χ1n) is 10.7. The average Bonchev–Trinajstić information content (AvgIpc) is 2.79. The molecule has 0 bridgehead atoms. The fourth-order valence-corrected chi connectivity index (χ4v) is 4.35. The maximum Gasteiger partial charge on any atom is 0.222 e. The molecule has 1 amide bonds. The van der Waals surface area contributed by atoms with Gasteiger partial charge >= 0.3 is 0 Å². The van der Waals surface area contributed by atoms with Crippen molar-refractivity contribution < 1.29 is 9.18 Å². The van der Waals surface area contributed by atoms with E-state index in [2.05, 4.69) is 33.8 Å². The molecule has 1 heterocycles. The summed E-state index contributed by atoms with van der Waals surface area (Å²) in [5.74, 6) is 1.44. The van der Waals surface area contributed by atoms with Gasteiger partial charge in [-0.3, -0.25) is 9.79 Å². The minimum Gasteiger partial charge on any atom is -0.356 e. The number of hydrogen-bond acceptors (Lipinski definition) is 3. The molecule has 0 saturated carbocycles. The third kappa shape index (κ3) is 6.72. The van der Waals surface area contributed by atoms with Gasteiger partial charge in [0.05, 0.1) is 0 Å². The van der Waals surface area contributed by atoms with Crippen molar-refractivity contribution in [2.45, 2.75) is 38.1 Å². The van der Waals surface area contributed by atoms with E-state index in [-0.39, 0.29) is 11.7 Å². The van der Waals surface area contributed by atoms with Crippen molar-refractivity contribution >= 4 is 23.6 Å². The van der Waals surface area contributed by atoms with E-state index in [4.69, 9.17) is 0 Å². The predicted molar refractivity (Wildman–Crippen MR) is 127 cm³/mol. The highest BCUT2D eigenvalue weighted by Gasteiger charge is 2.19. The molecule has 1 aliphatic rings. The van der Waals surface area contributed by atoms with Gasteiger partial charge in [-0.15, -0.1) is 0 Å². The van der Waals surface area contributed by atoms with Crippen LogP contribution in [0.2, 0.25) is 0 Å². The Bertz CT molecular complexity index is 918. The molecule has 0 atom stereocenters. The van der Waals surface area contributed by atoms with Gasteiger partial charge in [0.25, 0.3) is 0 Å². The highest BCUT2D eigenvalue weighted by Crippen LogP contribution is 2.19. The number of benzene rings is 2. The molecule has 7 heteroatoms. The molecule has 0 spiro atoms.